The van der Waals surface area contributed by atoms with E-state index in [9.17, 15) is 0 Å². The lowest BCUT2D eigenvalue weighted by Gasteiger charge is -2.09. The maximum atomic E-state index is 5.89. The molecule has 1 aliphatic rings. The molecule has 0 heterocycles. The van der Waals surface area contributed by atoms with Crippen molar-refractivity contribution < 1.29 is 0 Å². The molecule has 1 atom stereocenters. The summed E-state index contributed by atoms with van der Waals surface area (Å²) >= 11 is 0. The van der Waals surface area contributed by atoms with E-state index in [2.05, 4.69) is 44.2 Å². The van der Waals surface area contributed by atoms with Gasteiger partial charge in [-0.25, -0.2) is 0 Å². The molecule has 0 saturated carbocycles. The summed E-state index contributed by atoms with van der Waals surface area (Å²) < 4.78 is 0. The highest BCUT2D eigenvalue weighted by molar-refractivity contribution is 5.62. The largest absolute Gasteiger partial charge is 0.321 e. The Morgan fingerprint density at radius 3 is 2.77 bits per heavy atom. The second kappa shape index (κ2) is 3.00. The second-order valence-electron chi connectivity index (χ2n) is 3.93. The van der Waals surface area contributed by atoms with Gasteiger partial charge in [-0.1, -0.05) is 44.2 Å². The average Bonchev–Trinajstić information content (AvgIpc) is 2.47. The van der Waals surface area contributed by atoms with E-state index in [0.717, 1.165) is 0 Å². The van der Waals surface area contributed by atoms with Gasteiger partial charge in [0.05, 0.1) is 0 Å². The molecule has 1 heteroatoms. The first-order chi connectivity index (χ1) is 6.18. The zero-order chi connectivity index (χ0) is 9.42. The van der Waals surface area contributed by atoms with Crippen molar-refractivity contribution >= 4 is 6.08 Å². The van der Waals surface area contributed by atoms with Crippen LogP contribution in [0.2, 0.25) is 0 Å². The van der Waals surface area contributed by atoms with Crippen molar-refractivity contribution in [3.63, 3.8) is 0 Å². The average molecular weight is 173 g/mol. The maximum absolute atomic E-state index is 5.89. The molecule has 2 N–H and O–H groups in total. The van der Waals surface area contributed by atoms with Crippen LogP contribution in [0.5, 0.6) is 0 Å². The fourth-order valence-corrected chi connectivity index (χ4v) is 1.71. The monoisotopic (exact) mass is 173 g/mol. The standard InChI is InChI=1S/C12H15N/c1-8(2)9-3-5-11-10(7-9)4-6-12(11)13/h3-8,12H,13H2,1-2H3. The Kier molecular flexibility index (Phi) is 1.97. The van der Waals surface area contributed by atoms with Gasteiger partial charge < -0.3 is 5.73 Å². The van der Waals surface area contributed by atoms with Gasteiger partial charge in [0, 0.05) is 6.04 Å². The van der Waals surface area contributed by atoms with E-state index in [4.69, 9.17) is 5.73 Å². The van der Waals surface area contributed by atoms with Crippen LogP contribution in [0.15, 0.2) is 24.3 Å². The van der Waals surface area contributed by atoms with E-state index in [-0.39, 0.29) is 6.04 Å². The molecule has 1 unspecified atom stereocenters. The minimum Gasteiger partial charge on any atom is -0.321 e. The van der Waals surface area contributed by atoms with E-state index in [1.165, 1.54) is 16.7 Å². The number of nitrogens with two attached hydrogens (primary N) is 1. The Morgan fingerprint density at radius 1 is 1.31 bits per heavy atom. The Morgan fingerprint density at radius 2 is 2.08 bits per heavy atom. The Balaban J connectivity index is 2.45. The number of benzene rings is 1. The molecule has 0 aromatic heterocycles. The predicted molar refractivity (Wildman–Crippen MR) is 56.5 cm³/mol. The van der Waals surface area contributed by atoms with Crippen LogP contribution in [0.1, 0.15) is 42.5 Å². The number of hydrogen-bond acceptors (Lipinski definition) is 1. The fourth-order valence-electron chi connectivity index (χ4n) is 1.71. The van der Waals surface area contributed by atoms with Gasteiger partial charge in [0.25, 0.3) is 0 Å². The summed E-state index contributed by atoms with van der Waals surface area (Å²) in [6.45, 7) is 4.42. The van der Waals surface area contributed by atoms with Crippen molar-refractivity contribution in [1.82, 2.24) is 0 Å². The summed E-state index contributed by atoms with van der Waals surface area (Å²) in [5, 5.41) is 0. The molecule has 0 spiro atoms. The van der Waals surface area contributed by atoms with Crippen LogP contribution >= 0.6 is 0 Å². The Hall–Kier alpha value is -1.08. The van der Waals surface area contributed by atoms with Crippen molar-refractivity contribution in [3.8, 4) is 0 Å². The van der Waals surface area contributed by atoms with E-state index in [1.54, 1.807) is 0 Å². The maximum Gasteiger partial charge on any atom is 0.0490 e. The van der Waals surface area contributed by atoms with Gasteiger partial charge in [-0.2, -0.15) is 0 Å². The zero-order valence-electron chi connectivity index (χ0n) is 8.12. The van der Waals surface area contributed by atoms with Gasteiger partial charge in [0.15, 0.2) is 0 Å². The first-order valence-corrected chi connectivity index (χ1v) is 4.76. The summed E-state index contributed by atoms with van der Waals surface area (Å²) in [5.41, 5.74) is 9.82. The quantitative estimate of drug-likeness (QED) is 0.694. The van der Waals surface area contributed by atoms with Crippen LogP contribution in [-0.4, -0.2) is 0 Å². The van der Waals surface area contributed by atoms with Gasteiger partial charge >= 0.3 is 0 Å². The molecule has 0 bridgehead atoms. The van der Waals surface area contributed by atoms with Crippen LogP contribution < -0.4 is 5.73 Å². The summed E-state index contributed by atoms with van der Waals surface area (Å²) in [6, 6.07) is 6.67. The second-order valence-corrected chi connectivity index (χ2v) is 3.93. The van der Waals surface area contributed by atoms with Crippen LogP contribution in [0.3, 0.4) is 0 Å². The van der Waals surface area contributed by atoms with Gasteiger partial charge in [-0.05, 0) is 22.6 Å². The third-order valence-electron chi connectivity index (χ3n) is 2.62. The van der Waals surface area contributed by atoms with Crippen molar-refractivity contribution in [2.24, 2.45) is 5.73 Å². The molecule has 1 aromatic carbocycles. The van der Waals surface area contributed by atoms with Crippen LogP contribution in [0.25, 0.3) is 6.08 Å². The van der Waals surface area contributed by atoms with Gasteiger partial charge in [0.2, 0.25) is 0 Å². The molecule has 68 valence electrons. The number of rotatable bonds is 1. The van der Waals surface area contributed by atoms with Gasteiger partial charge in [0.1, 0.15) is 0 Å². The minimum atomic E-state index is 0.108. The lowest BCUT2D eigenvalue weighted by Crippen LogP contribution is -2.04. The normalized spacial score (nSPS) is 19.5. The van der Waals surface area contributed by atoms with E-state index in [1.807, 2.05) is 0 Å². The first kappa shape index (κ1) is 8.52. The molecule has 1 nitrogen and oxygen atoms in total. The lowest BCUT2D eigenvalue weighted by molar-refractivity contribution is 0.860. The number of fused-ring (bicyclic) bond motifs is 1. The summed E-state index contributed by atoms with van der Waals surface area (Å²) in [4.78, 5) is 0. The van der Waals surface area contributed by atoms with Gasteiger partial charge in [-0.15, -0.1) is 0 Å². The van der Waals surface area contributed by atoms with E-state index in [0.29, 0.717) is 5.92 Å². The molecule has 2 rings (SSSR count). The third kappa shape index (κ3) is 1.40. The van der Waals surface area contributed by atoms with Gasteiger partial charge in [-0.3, -0.25) is 0 Å². The lowest BCUT2D eigenvalue weighted by atomic mass is 9.98. The van der Waals surface area contributed by atoms with Crippen molar-refractivity contribution in [2.75, 3.05) is 0 Å². The highest BCUT2D eigenvalue weighted by atomic mass is 14.6. The van der Waals surface area contributed by atoms with E-state index >= 15 is 0 Å². The van der Waals surface area contributed by atoms with Crippen LogP contribution in [0.4, 0.5) is 0 Å². The molecule has 0 fully saturated rings. The molecular weight excluding hydrogens is 158 g/mol. The predicted octanol–water partition coefficient (Wildman–Crippen LogP) is 2.84. The molecule has 13 heavy (non-hydrogen) atoms. The van der Waals surface area contributed by atoms with Crippen molar-refractivity contribution in [3.05, 3.63) is 41.0 Å². The van der Waals surface area contributed by atoms with Crippen LogP contribution in [0, 0.1) is 0 Å². The third-order valence-corrected chi connectivity index (χ3v) is 2.62. The molecule has 0 amide bonds. The van der Waals surface area contributed by atoms with Crippen molar-refractivity contribution in [2.45, 2.75) is 25.8 Å². The summed E-state index contributed by atoms with van der Waals surface area (Å²) in [5.74, 6) is 0.593. The minimum absolute atomic E-state index is 0.108. The van der Waals surface area contributed by atoms with E-state index < -0.39 is 0 Å². The molecule has 1 aliphatic carbocycles. The summed E-state index contributed by atoms with van der Waals surface area (Å²) in [7, 11) is 0. The number of hydrogen-bond donors (Lipinski definition) is 1. The highest BCUT2D eigenvalue weighted by Gasteiger charge is 2.13. The molecule has 1 aromatic rings. The Labute approximate surface area is 79.3 Å². The topological polar surface area (TPSA) is 26.0 Å². The Bertz CT molecular complexity index is 350. The molecular formula is C12H15N. The zero-order valence-corrected chi connectivity index (χ0v) is 8.12. The highest BCUT2D eigenvalue weighted by Crippen LogP contribution is 2.28. The fraction of sp³-hybridized carbons (Fsp3) is 0.333. The van der Waals surface area contributed by atoms with Crippen LogP contribution in [-0.2, 0) is 0 Å². The SMILES string of the molecule is CC(C)c1ccc2c(c1)C=CC2N. The first-order valence-electron chi connectivity index (χ1n) is 4.76. The summed E-state index contributed by atoms with van der Waals surface area (Å²) in [6.07, 6.45) is 4.17. The molecule has 0 radical (unpaired) electrons. The van der Waals surface area contributed by atoms with Crippen molar-refractivity contribution in [1.29, 1.82) is 0 Å². The smallest absolute Gasteiger partial charge is 0.0490 e. The molecule has 0 aliphatic heterocycles. The molecule has 0 saturated heterocycles.